The molecule has 0 aliphatic heterocycles. The van der Waals surface area contributed by atoms with Crippen LogP contribution in [0.4, 0.5) is 0 Å². The fourth-order valence-corrected chi connectivity index (χ4v) is 2.76. The van der Waals surface area contributed by atoms with E-state index in [-0.39, 0.29) is 11.5 Å². The van der Waals surface area contributed by atoms with E-state index in [1.807, 2.05) is 24.3 Å². The molecule has 26 heavy (non-hydrogen) atoms. The van der Waals surface area contributed by atoms with Gasteiger partial charge in [-0.1, -0.05) is 23.7 Å². The summed E-state index contributed by atoms with van der Waals surface area (Å²) < 4.78 is 6.41. The predicted molar refractivity (Wildman–Crippen MR) is 101 cm³/mol. The average molecular weight is 372 g/mol. The minimum atomic E-state index is -0.698. The summed E-state index contributed by atoms with van der Waals surface area (Å²) in [5, 5.41) is 3.66. The SMILES string of the molecule is COc1ccc(CNC(=O)[C@@H](C)n2cnc3ccc(Cl)cc3c2=O)cc1. The zero-order valence-corrected chi connectivity index (χ0v) is 15.2. The zero-order valence-electron chi connectivity index (χ0n) is 14.4. The molecule has 0 aliphatic rings. The van der Waals surface area contributed by atoms with E-state index in [1.165, 1.54) is 10.9 Å². The summed E-state index contributed by atoms with van der Waals surface area (Å²) in [5.74, 6) is 0.479. The second-order valence-corrected chi connectivity index (χ2v) is 6.30. The molecular weight excluding hydrogens is 354 g/mol. The summed E-state index contributed by atoms with van der Waals surface area (Å²) in [6.45, 7) is 2.01. The molecule has 7 heteroatoms. The molecule has 1 heterocycles. The number of fused-ring (bicyclic) bond motifs is 1. The third kappa shape index (κ3) is 3.70. The van der Waals surface area contributed by atoms with Gasteiger partial charge in [-0.2, -0.15) is 0 Å². The van der Waals surface area contributed by atoms with Gasteiger partial charge in [-0.3, -0.25) is 14.2 Å². The zero-order chi connectivity index (χ0) is 18.7. The van der Waals surface area contributed by atoms with Crippen LogP contribution in [0.2, 0.25) is 5.02 Å². The van der Waals surface area contributed by atoms with Crippen molar-refractivity contribution in [2.24, 2.45) is 0 Å². The van der Waals surface area contributed by atoms with Crippen molar-refractivity contribution in [1.82, 2.24) is 14.9 Å². The Bertz CT molecular complexity index is 999. The molecule has 0 fully saturated rings. The van der Waals surface area contributed by atoms with Gasteiger partial charge in [-0.05, 0) is 42.8 Å². The number of carbonyl (C=O) groups is 1. The summed E-state index contributed by atoms with van der Waals surface area (Å²) in [6, 6.07) is 11.6. The van der Waals surface area contributed by atoms with Gasteiger partial charge in [0.25, 0.3) is 5.56 Å². The highest BCUT2D eigenvalue weighted by atomic mass is 35.5. The molecule has 3 aromatic rings. The van der Waals surface area contributed by atoms with Crippen molar-refractivity contribution < 1.29 is 9.53 Å². The van der Waals surface area contributed by atoms with Crippen LogP contribution in [0.5, 0.6) is 5.75 Å². The normalized spacial score (nSPS) is 12.0. The molecule has 1 amide bonds. The largest absolute Gasteiger partial charge is 0.497 e. The van der Waals surface area contributed by atoms with Crippen molar-refractivity contribution in [1.29, 1.82) is 0 Å². The molecule has 0 saturated carbocycles. The molecule has 0 aliphatic carbocycles. The van der Waals surface area contributed by atoms with Crippen molar-refractivity contribution in [3.8, 4) is 5.75 Å². The molecule has 134 valence electrons. The van der Waals surface area contributed by atoms with Crippen molar-refractivity contribution in [3.05, 3.63) is 69.7 Å². The van der Waals surface area contributed by atoms with Crippen LogP contribution in [0, 0.1) is 0 Å². The quantitative estimate of drug-likeness (QED) is 0.748. The van der Waals surface area contributed by atoms with E-state index in [9.17, 15) is 9.59 Å². The predicted octanol–water partition coefficient (Wildman–Crippen LogP) is 2.94. The number of nitrogens with one attached hydrogen (secondary N) is 1. The fourth-order valence-electron chi connectivity index (χ4n) is 2.59. The van der Waals surface area contributed by atoms with Crippen LogP contribution < -0.4 is 15.6 Å². The Balaban J connectivity index is 1.76. The number of ether oxygens (including phenoxy) is 1. The minimum absolute atomic E-state index is 0.272. The van der Waals surface area contributed by atoms with Crippen LogP contribution in [0.15, 0.2) is 53.6 Å². The second-order valence-electron chi connectivity index (χ2n) is 5.86. The van der Waals surface area contributed by atoms with E-state index in [0.717, 1.165) is 11.3 Å². The molecule has 0 bridgehead atoms. The van der Waals surface area contributed by atoms with Crippen LogP contribution in [0.25, 0.3) is 10.9 Å². The molecule has 3 rings (SSSR count). The number of hydrogen-bond donors (Lipinski definition) is 1. The first-order valence-electron chi connectivity index (χ1n) is 8.06. The molecule has 0 unspecified atom stereocenters. The Hall–Kier alpha value is -2.86. The Morgan fingerprint density at radius 3 is 2.69 bits per heavy atom. The molecule has 0 radical (unpaired) electrons. The summed E-state index contributed by atoms with van der Waals surface area (Å²) in [6.07, 6.45) is 1.39. The van der Waals surface area contributed by atoms with Crippen LogP contribution in [-0.2, 0) is 11.3 Å². The lowest BCUT2D eigenvalue weighted by molar-refractivity contribution is -0.124. The Kier molecular flexibility index (Phi) is 5.23. The summed E-state index contributed by atoms with van der Waals surface area (Å²) in [4.78, 5) is 29.3. The van der Waals surface area contributed by atoms with Crippen molar-refractivity contribution in [3.63, 3.8) is 0 Å². The molecule has 1 N–H and O–H groups in total. The standard InChI is InChI=1S/C19H18ClN3O3/c1-12(18(24)21-10-13-3-6-15(26-2)7-4-13)23-11-22-17-8-5-14(20)9-16(17)19(23)25/h3-9,11-12H,10H2,1-2H3,(H,21,24)/t12-/m1/s1. The number of nitrogens with zero attached hydrogens (tertiary/aromatic N) is 2. The number of rotatable bonds is 5. The molecule has 1 aromatic heterocycles. The third-order valence-electron chi connectivity index (χ3n) is 4.17. The van der Waals surface area contributed by atoms with E-state index >= 15 is 0 Å². The van der Waals surface area contributed by atoms with E-state index < -0.39 is 6.04 Å². The van der Waals surface area contributed by atoms with Gasteiger partial charge in [0.15, 0.2) is 0 Å². The van der Waals surface area contributed by atoms with Crippen LogP contribution in [0.1, 0.15) is 18.5 Å². The number of carbonyl (C=O) groups excluding carboxylic acids is 1. The summed E-state index contributed by atoms with van der Waals surface area (Å²) in [5.41, 5.74) is 1.17. The van der Waals surface area contributed by atoms with E-state index in [2.05, 4.69) is 10.3 Å². The Morgan fingerprint density at radius 2 is 2.00 bits per heavy atom. The van der Waals surface area contributed by atoms with Gasteiger partial charge in [0.05, 0.1) is 24.3 Å². The maximum absolute atomic E-state index is 12.6. The fraction of sp³-hybridized carbons (Fsp3) is 0.211. The molecule has 0 saturated heterocycles. The summed E-state index contributed by atoms with van der Waals surface area (Å²) in [7, 11) is 1.60. The van der Waals surface area contributed by atoms with Crippen molar-refractivity contribution >= 4 is 28.4 Å². The number of methoxy groups -OCH3 is 1. The highest BCUT2D eigenvalue weighted by Crippen LogP contribution is 2.15. The van der Waals surface area contributed by atoms with E-state index in [0.29, 0.717) is 22.5 Å². The van der Waals surface area contributed by atoms with Gasteiger partial charge in [0, 0.05) is 11.6 Å². The Labute approximate surface area is 155 Å². The first-order valence-corrected chi connectivity index (χ1v) is 8.44. The van der Waals surface area contributed by atoms with Gasteiger partial charge in [-0.15, -0.1) is 0 Å². The third-order valence-corrected chi connectivity index (χ3v) is 4.40. The van der Waals surface area contributed by atoms with Crippen LogP contribution >= 0.6 is 11.6 Å². The average Bonchev–Trinajstić information content (AvgIpc) is 2.66. The summed E-state index contributed by atoms with van der Waals surface area (Å²) >= 11 is 5.96. The lowest BCUT2D eigenvalue weighted by Gasteiger charge is -2.15. The van der Waals surface area contributed by atoms with Gasteiger partial charge >= 0.3 is 0 Å². The Morgan fingerprint density at radius 1 is 1.27 bits per heavy atom. The number of hydrogen-bond acceptors (Lipinski definition) is 4. The molecule has 6 nitrogen and oxygen atoms in total. The number of halogens is 1. The monoisotopic (exact) mass is 371 g/mol. The molecule has 2 aromatic carbocycles. The first kappa shape index (κ1) is 17.9. The van der Waals surface area contributed by atoms with Crippen LogP contribution in [0.3, 0.4) is 0 Å². The number of benzene rings is 2. The van der Waals surface area contributed by atoms with E-state index in [1.54, 1.807) is 32.2 Å². The van der Waals surface area contributed by atoms with Crippen LogP contribution in [-0.4, -0.2) is 22.6 Å². The minimum Gasteiger partial charge on any atom is -0.497 e. The molecule has 1 atom stereocenters. The second kappa shape index (κ2) is 7.58. The van der Waals surface area contributed by atoms with Gasteiger partial charge in [-0.25, -0.2) is 4.98 Å². The van der Waals surface area contributed by atoms with Gasteiger partial charge in [0.2, 0.25) is 5.91 Å². The maximum Gasteiger partial charge on any atom is 0.261 e. The smallest absolute Gasteiger partial charge is 0.261 e. The van der Waals surface area contributed by atoms with Gasteiger partial charge < -0.3 is 10.1 Å². The molecule has 0 spiro atoms. The van der Waals surface area contributed by atoms with Crippen molar-refractivity contribution in [2.75, 3.05) is 7.11 Å². The van der Waals surface area contributed by atoms with E-state index in [4.69, 9.17) is 16.3 Å². The molecular formula is C19H18ClN3O3. The first-order chi connectivity index (χ1) is 12.5. The number of amides is 1. The van der Waals surface area contributed by atoms with Gasteiger partial charge in [0.1, 0.15) is 11.8 Å². The number of aromatic nitrogens is 2. The maximum atomic E-state index is 12.6. The lowest BCUT2D eigenvalue weighted by Crippen LogP contribution is -2.35. The van der Waals surface area contributed by atoms with Crippen molar-refractivity contribution in [2.45, 2.75) is 19.5 Å². The topological polar surface area (TPSA) is 73.2 Å². The highest BCUT2D eigenvalue weighted by molar-refractivity contribution is 6.31. The highest BCUT2D eigenvalue weighted by Gasteiger charge is 2.17. The lowest BCUT2D eigenvalue weighted by atomic mass is 10.2.